The highest BCUT2D eigenvalue weighted by atomic mass is 32.1. The van der Waals surface area contributed by atoms with Crippen LogP contribution in [0.4, 0.5) is 5.82 Å². The number of hydrogen-bond acceptors (Lipinski definition) is 4. The average Bonchev–Trinajstić information content (AvgIpc) is 3.07. The molecule has 21 heavy (non-hydrogen) atoms. The zero-order valence-corrected chi connectivity index (χ0v) is 13.7. The molecule has 1 N–H and O–H groups in total. The number of fused-ring (bicyclic) bond motifs is 1. The molecule has 2 aromatic heterocycles. The zero-order chi connectivity index (χ0) is 14.4. The average molecular weight is 304 g/mol. The van der Waals surface area contributed by atoms with Gasteiger partial charge in [-0.1, -0.05) is 13.8 Å². The molecule has 0 aromatic carbocycles. The third-order valence-electron chi connectivity index (χ3n) is 5.11. The summed E-state index contributed by atoms with van der Waals surface area (Å²) >= 11 is 1.73. The molecule has 2 unspecified atom stereocenters. The SMILES string of the molecule is CC1CCN(c2nc3sccn3c2CNC2CC2)CC1C. The van der Waals surface area contributed by atoms with Crippen molar-refractivity contribution >= 4 is 22.1 Å². The van der Waals surface area contributed by atoms with Crippen LogP contribution in [-0.4, -0.2) is 28.5 Å². The van der Waals surface area contributed by atoms with Gasteiger partial charge in [0.25, 0.3) is 0 Å². The molecule has 1 aliphatic carbocycles. The number of piperidine rings is 1. The number of anilines is 1. The molecule has 1 aliphatic heterocycles. The number of thiazole rings is 1. The van der Waals surface area contributed by atoms with Gasteiger partial charge in [0, 0.05) is 37.3 Å². The molecule has 4 rings (SSSR count). The van der Waals surface area contributed by atoms with E-state index in [1.807, 2.05) is 0 Å². The second-order valence-corrected chi connectivity index (χ2v) is 7.66. The lowest BCUT2D eigenvalue weighted by Gasteiger charge is -2.36. The van der Waals surface area contributed by atoms with Gasteiger partial charge in [-0.2, -0.15) is 0 Å². The van der Waals surface area contributed by atoms with E-state index in [0.717, 1.165) is 42.5 Å². The molecule has 0 bridgehead atoms. The fourth-order valence-electron chi connectivity index (χ4n) is 3.22. The monoisotopic (exact) mass is 304 g/mol. The molecule has 1 saturated heterocycles. The molecule has 2 aromatic rings. The van der Waals surface area contributed by atoms with Crippen molar-refractivity contribution in [3.8, 4) is 0 Å². The fourth-order valence-corrected chi connectivity index (χ4v) is 3.95. The Labute approximate surface area is 130 Å². The lowest BCUT2D eigenvalue weighted by molar-refractivity contribution is 0.322. The van der Waals surface area contributed by atoms with Crippen LogP contribution in [0.5, 0.6) is 0 Å². The van der Waals surface area contributed by atoms with Gasteiger partial charge in [-0.3, -0.25) is 4.40 Å². The molecular formula is C16H24N4S. The Hall–Kier alpha value is -1.07. The first-order valence-corrected chi connectivity index (χ1v) is 9.03. The maximum Gasteiger partial charge on any atom is 0.195 e. The highest BCUT2D eigenvalue weighted by molar-refractivity contribution is 7.15. The van der Waals surface area contributed by atoms with Crippen molar-refractivity contribution in [1.29, 1.82) is 0 Å². The Morgan fingerprint density at radius 1 is 1.29 bits per heavy atom. The minimum atomic E-state index is 0.738. The highest BCUT2D eigenvalue weighted by Crippen LogP contribution is 2.31. The first kappa shape index (κ1) is 13.6. The number of imidazole rings is 1. The third kappa shape index (κ3) is 2.57. The van der Waals surface area contributed by atoms with E-state index < -0.39 is 0 Å². The molecule has 2 aliphatic rings. The number of nitrogens with one attached hydrogen (secondary N) is 1. The summed E-state index contributed by atoms with van der Waals surface area (Å²) in [5.41, 5.74) is 1.35. The van der Waals surface area contributed by atoms with Crippen LogP contribution in [0.2, 0.25) is 0 Å². The quantitative estimate of drug-likeness (QED) is 0.942. The van der Waals surface area contributed by atoms with Gasteiger partial charge in [0.1, 0.15) is 0 Å². The van der Waals surface area contributed by atoms with Crippen molar-refractivity contribution in [3.05, 3.63) is 17.3 Å². The molecule has 1 saturated carbocycles. The van der Waals surface area contributed by atoms with Gasteiger partial charge in [0.15, 0.2) is 10.8 Å². The van der Waals surface area contributed by atoms with Crippen LogP contribution < -0.4 is 10.2 Å². The van der Waals surface area contributed by atoms with Crippen molar-refractivity contribution in [3.63, 3.8) is 0 Å². The Balaban J connectivity index is 1.63. The molecule has 4 nitrogen and oxygen atoms in total. The predicted molar refractivity (Wildman–Crippen MR) is 88.1 cm³/mol. The van der Waals surface area contributed by atoms with E-state index in [2.05, 4.69) is 40.0 Å². The zero-order valence-electron chi connectivity index (χ0n) is 12.9. The Bertz CT molecular complexity index is 627. The van der Waals surface area contributed by atoms with Gasteiger partial charge in [0.2, 0.25) is 0 Å². The van der Waals surface area contributed by atoms with Crippen molar-refractivity contribution in [2.75, 3.05) is 18.0 Å². The van der Waals surface area contributed by atoms with E-state index in [1.54, 1.807) is 11.3 Å². The fraction of sp³-hybridized carbons (Fsp3) is 0.688. The molecule has 3 heterocycles. The third-order valence-corrected chi connectivity index (χ3v) is 5.87. The first-order valence-electron chi connectivity index (χ1n) is 8.15. The minimum absolute atomic E-state index is 0.738. The predicted octanol–water partition coefficient (Wildman–Crippen LogP) is 3.13. The lowest BCUT2D eigenvalue weighted by Crippen LogP contribution is -2.39. The van der Waals surface area contributed by atoms with Gasteiger partial charge in [-0.15, -0.1) is 11.3 Å². The first-order chi connectivity index (χ1) is 10.2. The maximum absolute atomic E-state index is 4.92. The van der Waals surface area contributed by atoms with Gasteiger partial charge in [-0.05, 0) is 31.1 Å². The highest BCUT2D eigenvalue weighted by Gasteiger charge is 2.28. The second-order valence-electron chi connectivity index (χ2n) is 6.78. The van der Waals surface area contributed by atoms with Crippen LogP contribution in [0.15, 0.2) is 11.6 Å². The van der Waals surface area contributed by atoms with E-state index in [0.29, 0.717) is 0 Å². The number of nitrogens with zero attached hydrogens (tertiary/aromatic N) is 3. The van der Waals surface area contributed by atoms with Crippen molar-refractivity contribution in [1.82, 2.24) is 14.7 Å². The van der Waals surface area contributed by atoms with Crippen LogP contribution in [0.1, 0.15) is 38.8 Å². The van der Waals surface area contributed by atoms with Crippen LogP contribution in [0, 0.1) is 11.8 Å². The van der Waals surface area contributed by atoms with Crippen LogP contribution in [-0.2, 0) is 6.54 Å². The summed E-state index contributed by atoms with van der Waals surface area (Å²) in [4.78, 5) is 8.56. The van der Waals surface area contributed by atoms with Crippen molar-refractivity contribution in [2.24, 2.45) is 11.8 Å². The molecule has 5 heteroatoms. The Morgan fingerprint density at radius 2 is 2.14 bits per heavy atom. The number of hydrogen-bond donors (Lipinski definition) is 1. The summed E-state index contributed by atoms with van der Waals surface area (Å²) < 4.78 is 2.28. The lowest BCUT2D eigenvalue weighted by atomic mass is 9.89. The molecule has 2 fully saturated rings. The van der Waals surface area contributed by atoms with Gasteiger partial charge >= 0.3 is 0 Å². The maximum atomic E-state index is 4.92. The van der Waals surface area contributed by atoms with E-state index in [9.17, 15) is 0 Å². The smallest absolute Gasteiger partial charge is 0.195 e. The summed E-state index contributed by atoms with van der Waals surface area (Å²) in [6.07, 6.45) is 6.11. The molecule has 114 valence electrons. The standard InChI is InChI=1S/C16H24N4S/c1-11-5-6-19(10-12(11)2)15-14(9-17-13-3-4-13)20-7-8-21-16(20)18-15/h7-8,11-13,17H,3-6,9-10H2,1-2H3. The summed E-state index contributed by atoms with van der Waals surface area (Å²) in [5.74, 6) is 2.80. The Kier molecular flexibility index (Phi) is 3.42. The molecular weight excluding hydrogens is 280 g/mol. The van der Waals surface area contributed by atoms with Gasteiger partial charge < -0.3 is 10.2 Å². The largest absolute Gasteiger partial charge is 0.355 e. The second kappa shape index (κ2) is 5.29. The molecule has 2 atom stereocenters. The van der Waals surface area contributed by atoms with E-state index >= 15 is 0 Å². The van der Waals surface area contributed by atoms with Gasteiger partial charge in [-0.25, -0.2) is 4.98 Å². The number of aromatic nitrogens is 2. The van der Waals surface area contributed by atoms with Crippen LogP contribution in [0.25, 0.3) is 4.96 Å². The van der Waals surface area contributed by atoms with Crippen LogP contribution in [0.3, 0.4) is 0 Å². The van der Waals surface area contributed by atoms with Crippen LogP contribution >= 0.6 is 11.3 Å². The molecule has 0 spiro atoms. The summed E-state index contributed by atoms with van der Waals surface area (Å²) in [5, 5.41) is 5.79. The van der Waals surface area contributed by atoms with Crippen molar-refractivity contribution < 1.29 is 0 Å². The topological polar surface area (TPSA) is 32.6 Å². The van der Waals surface area contributed by atoms with E-state index in [4.69, 9.17) is 4.98 Å². The normalized spacial score (nSPS) is 26.7. The molecule has 0 radical (unpaired) electrons. The van der Waals surface area contributed by atoms with Gasteiger partial charge in [0.05, 0.1) is 5.69 Å². The van der Waals surface area contributed by atoms with E-state index in [1.165, 1.54) is 30.8 Å². The van der Waals surface area contributed by atoms with Crippen molar-refractivity contribution in [2.45, 2.75) is 45.7 Å². The molecule has 0 amide bonds. The minimum Gasteiger partial charge on any atom is -0.355 e. The summed E-state index contributed by atoms with van der Waals surface area (Å²) in [6, 6.07) is 0.738. The summed E-state index contributed by atoms with van der Waals surface area (Å²) in [7, 11) is 0. The summed E-state index contributed by atoms with van der Waals surface area (Å²) in [6.45, 7) is 7.98. The Morgan fingerprint density at radius 3 is 2.90 bits per heavy atom. The van der Waals surface area contributed by atoms with E-state index in [-0.39, 0.29) is 0 Å². The number of rotatable bonds is 4.